The lowest BCUT2D eigenvalue weighted by Crippen LogP contribution is -2.19. The van der Waals surface area contributed by atoms with E-state index in [1.165, 1.54) is 39.7 Å². The monoisotopic (exact) mass is 448 g/mol. The largest absolute Gasteiger partial charge is 0.493 e. The summed E-state index contributed by atoms with van der Waals surface area (Å²) in [5.74, 6) is 0.547. The number of hydrogen-bond donors (Lipinski definition) is 1. The number of benzene rings is 3. The SMILES string of the molecule is COc1cc(C(=O)Oc2cccc(C=NNC(=O)Cc3ccccc3)c2)cc(OC)c1OC. The Hall–Kier alpha value is -4.33. The Morgan fingerprint density at radius 2 is 1.58 bits per heavy atom. The van der Waals surface area contributed by atoms with Crippen molar-refractivity contribution in [2.75, 3.05) is 21.3 Å². The van der Waals surface area contributed by atoms with Crippen molar-refractivity contribution < 1.29 is 28.5 Å². The number of hydrogen-bond acceptors (Lipinski definition) is 7. The van der Waals surface area contributed by atoms with E-state index in [0.29, 0.717) is 28.6 Å². The molecular weight excluding hydrogens is 424 g/mol. The summed E-state index contributed by atoms with van der Waals surface area (Å²) in [4.78, 5) is 24.7. The molecule has 0 unspecified atom stereocenters. The molecule has 0 aliphatic carbocycles. The van der Waals surface area contributed by atoms with E-state index in [1.54, 1.807) is 24.3 Å². The summed E-state index contributed by atoms with van der Waals surface area (Å²) in [6.07, 6.45) is 1.70. The zero-order valence-corrected chi connectivity index (χ0v) is 18.5. The van der Waals surface area contributed by atoms with Crippen LogP contribution in [0.1, 0.15) is 21.5 Å². The molecule has 33 heavy (non-hydrogen) atoms. The van der Waals surface area contributed by atoms with Gasteiger partial charge in [0.2, 0.25) is 11.7 Å². The molecule has 1 amide bonds. The van der Waals surface area contributed by atoms with Crippen LogP contribution in [0, 0.1) is 0 Å². The molecule has 0 aliphatic rings. The zero-order chi connectivity index (χ0) is 23.6. The van der Waals surface area contributed by atoms with Crippen LogP contribution in [0.4, 0.5) is 0 Å². The van der Waals surface area contributed by atoms with Crippen molar-refractivity contribution in [1.82, 2.24) is 5.43 Å². The van der Waals surface area contributed by atoms with Crippen molar-refractivity contribution >= 4 is 18.1 Å². The van der Waals surface area contributed by atoms with E-state index in [-0.39, 0.29) is 17.9 Å². The number of ether oxygens (including phenoxy) is 4. The second kappa shape index (κ2) is 11.3. The number of nitrogens with one attached hydrogen (secondary N) is 1. The highest BCUT2D eigenvalue weighted by Crippen LogP contribution is 2.38. The van der Waals surface area contributed by atoms with Crippen molar-refractivity contribution in [3.05, 3.63) is 83.4 Å². The Morgan fingerprint density at radius 1 is 0.879 bits per heavy atom. The molecule has 1 N–H and O–H groups in total. The first-order valence-electron chi connectivity index (χ1n) is 10.0. The van der Waals surface area contributed by atoms with Crippen molar-refractivity contribution in [1.29, 1.82) is 0 Å². The first kappa shape index (κ1) is 23.3. The van der Waals surface area contributed by atoms with E-state index in [0.717, 1.165) is 5.56 Å². The molecule has 0 atom stereocenters. The van der Waals surface area contributed by atoms with Crippen molar-refractivity contribution in [3.63, 3.8) is 0 Å². The van der Waals surface area contributed by atoms with Crippen molar-refractivity contribution in [2.24, 2.45) is 5.10 Å². The number of rotatable bonds is 9. The molecule has 3 aromatic rings. The minimum absolute atomic E-state index is 0.227. The van der Waals surface area contributed by atoms with Crippen molar-refractivity contribution in [3.8, 4) is 23.0 Å². The third-order valence-electron chi connectivity index (χ3n) is 4.58. The fourth-order valence-electron chi connectivity index (χ4n) is 3.02. The van der Waals surface area contributed by atoms with Gasteiger partial charge >= 0.3 is 5.97 Å². The van der Waals surface area contributed by atoms with Gasteiger partial charge in [-0.15, -0.1) is 0 Å². The zero-order valence-electron chi connectivity index (χ0n) is 18.5. The van der Waals surface area contributed by atoms with Gasteiger partial charge in [0.05, 0.1) is 39.5 Å². The van der Waals surface area contributed by atoms with Gasteiger partial charge in [0, 0.05) is 0 Å². The maximum atomic E-state index is 12.7. The number of carbonyl (C=O) groups is 2. The van der Waals surface area contributed by atoms with Crippen LogP contribution in [0.5, 0.6) is 23.0 Å². The third kappa shape index (κ3) is 6.33. The fourth-order valence-corrected chi connectivity index (χ4v) is 3.02. The van der Waals surface area contributed by atoms with Crippen molar-refractivity contribution in [2.45, 2.75) is 6.42 Å². The van der Waals surface area contributed by atoms with Gasteiger partial charge in [0.25, 0.3) is 0 Å². The first-order chi connectivity index (χ1) is 16.0. The second-order valence-corrected chi connectivity index (χ2v) is 6.83. The number of methoxy groups -OCH3 is 3. The molecule has 8 nitrogen and oxygen atoms in total. The predicted molar refractivity (Wildman–Crippen MR) is 123 cm³/mol. The van der Waals surface area contributed by atoms with Gasteiger partial charge in [-0.1, -0.05) is 42.5 Å². The lowest BCUT2D eigenvalue weighted by atomic mass is 10.1. The Labute approximate surface area is 191 Å². The van der Waals surface area contributed by atoms with Crippen LogP contribution in [0.2, 0.25) is 0 Å². The van der Waals surface area contributed by atoms with Crippen LogP contribution >= 0.6 is 0 Å². The molecule has 0 radical (unpaired) electrons. The molecule has 8 heteroatoms. The molecule has 0 fully saturated rings. The molecule has 0 aliphatic heterocycles. The topological polar surface area (TPSA) is 95.5 Å². The summed E-state index contributed by atoms with van der Waals surface area (Å²) in [7, 11) is 4.41. The maximum Gasteiger partial charge on any atom is 0.343 e. The molecule has 0 aromatic heterocycles. The van der Waals surface area contributed by atoms with Gasteiger partial charge in [-0.05, 0) is 35.4 Å². The lowest BCUT2D eigenvalue weighted by molar-refractivity contribution is -0.120. The fraction of sp³-hybridized carbons (Fsp3) is 0.160. The summed E-state index contributed by atoms with van der Waals surface area (Å²) in [5.41, 5.74) is 4.26. The molecule has 0 saturated heterocycles. The van der Waals surface area contributed by atoms with E-state index in [4.69, 9.17) is 18.9 Å². The molecule has 3 aromatic carbocycles. The number of carbonyl (C=O) groups excluding carboxylic acids is 2. The standard InChI is InChI=1S/C25H24N2O6/c1-30-21-14-19(15-22(31-2)24(21)32-3)25(29)33-20-11-7-10-18(12-20)16-26-27-23(28)13-17-8-5-4-6-9-17/h4-12,14-16H,13H2,1-3H3,(H,27,28). The van der Waals surface area contributed by atoms with E-state index in [1.807, 2.05) is 30.3 Å². The molecule has 3 rings (SSSR count). The van der Waals surface area contributed by atoms with E-state index >= 15 is 0 Å². The van der Waals surface area contributed by atoms with Crippen LogP contribution in [-0.2, 0) is 11.2 Å². The number of esters is 1. The Morgan fingerprint density at radius 3 is 2.21 bits per heavy atom. The highest BCUT2D eigenvalue weighted by molar-refractivity contribution is 5.93. The second-order valence-electron chi connectivity index (χ2n) is 6.83. The molecular formula is C25H24N2O6. The summed E-state index contributed by atoms with van der Waals surface area (Å²) < 4.78 is 21.3. The van der Waals surface area contributed by atoms with E-state index in [9.17, 15) is 9.59 Å². The van der Waals surface area contributed by atoms with Gasteiger partial charge in [0.15, 0.2) is 11.5 Å². The lowest BCUT2D eigenvalue weighted by Gasteiger charge is -2.13. The van der Waals surface area contributed by atoms with Crippen LogP contribution in [0.25, 0.3) is 0 Å². The third-order valence-corrected chi connectivity index (χ3v) is 4.58. The van der Waals surface area contributed by atoms with Gasteiger partial charge in [0.1, 0.15) is 5.75 Å². The van der Waals surface area contributed by atoms with Gasteiger partial charge in [-0.3, -0.25) is 4.79 Å². The normalized spacial score (nSPS) is 10.5. The highest BCUT2D eigenvalue weighted by Gasteiger charge is 2.18. The van der Waals surface area contributed by atoms with Crippen LogP contribution in [-0.4, -0.2) is 39.4 Å². The first-order valence-corrected chi connectivity index (χ1v) is 10.0. The average Bonchev–Trinajstić information content (AvgIpc) is 2.83. The molecule has 0 saturated carbocycles. The average molecular weight is 448 g/mol. The molecule has 0 heterocycles. The smallest absolute Gasteiger partial charge is 0.343 e. The summed E-state index contributed by atoms with van der Waals surface area (Å²) >= 11 is 0. The van der Waals surface area contributed by atoms with Gasteiger partial charge in [-0.25, -0.2) is 10.2 Å². The summed E-state index contributed by atoms with van der Waals surface area (Å²) in [5, 5.41) is 3.97. The molecule has 170 valence electrons. The highest BCUT2D eigenvalue weighted by atomic mass is 16.5. The summed E-state index contributed by atoms with van der Waals surface area (Å²) in [6.45, 7) is 0. The van der Waals surface area contributed by atoms with Gasteiger partial charge < -0.3 is 18.9 Å². The Kier molecular flexibility index (Phi) is 8.02. The minimum Gasteiger partial charge on any atom is -0.493 e. The Bertz CT molecular complexity index is 1120. The van der Waals surface area contributed by atoms with Gasteiger partial charge in [-0.2, -0.15) is 5.10 Å². The van der Waals surface area contributed by atoms with Crippen LogP contribution in [0.3, 0.4) is 0 Å². The molecule has 0 bridgehead atoms. The van der Waals surface area contributed by atoms with Crippen LogP contribution < -0.4 is 24.4 Å². The predicted octanol–water partition coefficient (Wildman–Crippen LogP) is 3.62. The maximum absolute atomic E-state index is 12.7. The Balaban J connectivity index is 1.65. The number of amides is 1. The van der Waals surface area contributed by atoms with E-state index < -0.39 is 5.97 Å². The van der Waals surface area contributed by atoms with Crippen LogP contribution in [0.15, 0.2) is 71.8 Å². The molecule has 0 spiro atoms. The summed E-state index contributed by atoms with van der Waals surface area (Å²) in [6, 6.07) is 19.1. The van der Waals surface area contributed by atoms with E-state index in [2.05, 4.69) is 10.5 Å². The number of hydrazone groups is 1. The minimum atomic E-state index is -0.598. The quantitative estimate of drug-likeness (QED) is 0.233. The number of nitrogens with zero attached hydrogens (tertiary/aromatic N) is 1.